The van der Waals surface area contributed by atoms with E-state index in [0.717, 1.165) is 25.5 Å². The van der Waals surface area contributed by atoms with Crippen LogP contribution in [0.4, 0.5) is 8.78 Å². The average molecular weight is 405 g/mol. The van der Waals surface area contributed by atoms with Gasteiger partial charge in [-0.05, 0) is 31.4 Å². The summed E-state index contributed by atoms with van der Waals surface area (Å²) in [7, 11) is 0. The predicted octanol–water partition coefficient (Wildman–Crippen LogP) is 2.68. The molecule has 1 aromatic carbocycles. The molecule has 0 radical (unpaired) electrons. The van der Waals surface area contributed by atoms with Crippen molar-refractivity contribution in [3.63, 3.8) is 0 Å². The first-order valence-corrected chi connectivity index (χ1v) is 9.62. The monoisotopic (exact) mass is 405 g/mol. The van der Waals surface area contributed by atoms with Crippen LogP contribution in [0, 0.1) is 17.6 Å². The number of nitrogens with one attached hydrogen (secondary N) is 1. The standard InChI is InChI=1S/C20H21F2N3O4/c21-11-4-5-13(15(22)8-11)18-9-17(24-29-18)19(26)23-16-6-7-25(12-2-1-3-12)10-14(16)20(27)28/h4-5,8-9,12,14,16H,1-3,6-7,10H2,(H,23,26)(H,27,28)/t14-,16-/m0/s1. The van der Waals surface area contributed by atoms with Gasteiger partial charge in [0.15, 0.2) is 11.5 Å². The zero-order valence-corrected chi connectivity index (χ0v) is 15.6. The van der Waals surface area contributed by atoms with Gasteiger partial charge in [-0.1, -0.05) is 11.6 Å². The Kier molecular flexibility index (Phi) is 5.31. The summed E-state index contributed by atoms with van der Waals surface area (Å²) in [5.41, 5.74) is -0.107. The first-order chi connectivity index (χ1) is 13.9. The fourth-order valence-electron chi connectivity index (χ4n) is 3.92. The second kappa shape index (κ2) is 7.90. The van der Waals surface area contributed by atoms with Crippen LogP contribution in [0.15, 0.2) is 28.8 Å². The molecular formula is C20H21F2N3O4. The number of carboxylic acid groups (broad SMARTS) is 1. The van der Waals surface area contributed by atoms with Gasteiger partial charge in [-0.15, -0.1) is 0 Å². The number of aliphatic carboxylic acids is 1. The molecule has 0 unspecified atom stereocenters. The summed E-state index contributed by atoms with van der Waals surface area (Å²) in [6.45, 7) is 1.13. The first kappa shape index (κ1) is 19.5. The molecule has 2 atom stereocenters. The number of hydrogen-bond donors (Lipinski definition) is 2. The van der Waals surface area contributed by atoms with Gasteiger partial charge in [-0.3, -0.25) is 14.5 Å². The first-order valence-electron chi connectivity index (χ1n) is 9.62. The molecular weight excluding hydrogens is 384 g/mol. The normalized spacial score (nSPS) is 22.8. The number of carboxylic acids is 1. The number of hydrogen-bond acceptors (Lipinski definition) is 5. The Balaban J connectivity index is 1.44. The van der Waals surface area contributed by atoms with Gasteiger partial charge in [0.05, 0.1) is 11.5 Å². The van der Waals surface area contributed by atoms with Crippen LogP contribution in [0.2, 0.25) is 0 Å². The topological polar surface area (TPSA) is 95.7 Å². The Labute approximate surface area is 165 Å². The minimum Gasteiger partial charge on any atom is -0.481 e. The minimum absolute atomic E-state index is 0.0118. The van der Waals surface area contributed by atoms with Gasteiger partial charge in [0, 0.05) is 37.3 Å². The zero-order chi connectivity index (χ0) is 20.5. The molecule has 154 valence electrons. The predicted molar refractivity (Wildman–Crippen MR) is 98.1 cm³/mol. The van der Waals surface area contributed by atoms with Gasteiger partial charge in [-0.2, -0.15) is 0 Å². The number of rotatable bonds is 5. The van der Waals surface area contributed by atoms with Crippen molar-refractivity contribution in [3.05, 3.63) is 41.6 Å². The maximum absolute atomic E-state index is 13.9. The number of likely N-dealkylation sites (tertiary alicyclic amines) is 1. The van der Waals surface area contributed by atoms with E-state index in [0.29, 0.717) is 25.1 Å². The maximum atomic E-state index is 13.9. The number of carbonyl (C=O) groups is 2. The molecule has 1 saturated heterocycles. The molecule has 9 heteroatoms. The molecule has 2 aromatic rings. The van der Waals surface area contributed by atoms with Crippen molar-refractivity contribution < 1.29 is 28.0 Å². The molecule has 1 amide bonds. The highest BCUT2D eigenvalue weighted by molar-refractivity contribution is 5.93. The van der Waals surface area contributed by atoms with Gasteiger partial charge in [-0.25, -0.2) is 8.78 Å². The third-order valence-electron chi connectivity index (χ3n) is 5.81. The smallest absolute Gasteiger partial charge is 0.309 e. The van der Waals surface area contributed by atoms with Crippen LogP contribution in [0.25, 0.3) is 11.3 Å². The van der Waals surface area contributed by atoms with Crippen LogP contribution in [0.1, 0.15) is 36.2 Å². The molecule has 1 aliphatic heterocycles. The largest absolute Gasteiger partial charge is 0.481 e. The quantitative estimate of drug-likeness (QED) is 0.794. The van der Waals surface area contributed by atoms with E-state index in [-0.39, 0.29) is 17.0 Å². The summed E-state index contributed by atoms with van der Waals surface area (Å²) in [6, 6.07) is 4.16. The lowest BCUT2D eigenvalue weighted by atomic mass is 9.85. The molecule has 0 spiro atoms. The summed E-state index contributed by atoms with van der Waals surface area (Å²) in [5.74, 6) is -3.82. The molecule has 2 heterocycles. The SMILES string of the molecule is O=C(N[C@H]1CCN(C2CCC2)C[C@@H]1C(=O)O)c1cc(-c2ccc(F)cc2F)on1. The van der Waals surface area contributed by atoms with Crippen molar-refractivity contribution in [1.82, 2.24) is 15.4 Å². The van der Waals surface area contributed by atoms with E-state index >= 15 is 0 Å². The second-order valence-electron chi connectivity index (χ2n) is 7.59. The summed E-state index contributed by atoms with van der Waals surface area (Å²) in [4.78, 5) is 26.5. The number of amides is 1. The number of benzene rings is 1. The molecule has 7 nitrogen and oxygen atoms in total. The maximum Gasteiger partial charge on any atom is 0.309 e. The van der Waals surface area contributed by atoms with Crippen molar-refractivity contribution in [2.45, 2.75) is 37.8 Å². The Morgan fingerprint density at radius 3 is 2.66 bits per heavy atom. The molecule has 29 heavy (non-hydrogen) atoms. The van der Waals surface area contributed by atoms with Crippen LogP contribution >= 0.6 is 0 Å². The van der Waals surface area contributed by atoms with Gasteiger partial charge in [0.1, 0.15) is 11.6 Å². The van der Waals surface area contributed by atoms with Gasteiger partial charge in [0.2, 0.25) is 0 Å². The molecule has 4 rings (SSSR count). The Morgan fingerprint density at radius 2 is 2.00 bits per heavy atom. The van der Waals surface area contributed by atoms with Crippen LogP contribution in [0.5, 0.6) is 0 Å². The molecule has 1 aliphatic carbocycles. The van der Waals surface area contributed by atoms with E-state index < -0.39 is 35.5 Å². The average Bonchev–Trinajstić information content (AvgIpc) is 3.11. The van der Waals surface area contributed by atoms with Crippen molar-refractivity contribution in [2.75, 3.05) is 13.1 Å². The van der Waals surface area contributed by atoms with Crippen molar-refractivity contribution >= 4 is 11.9 Å². The highest BCUT2D eigenvalue weighted by Gasteiger charge is 2.39. The highest BCUT2D eigenvalue weighted by Crippen LogP contribution is 2.30. The lowest BCUT2D eigenvalue weighted by molar-refractivity contribution is -0.145. The van der Waals surface area contributed by atoms with E-state index in [1.54, 1.807) is 0 Å². The molecule has 2 fully saturated rings. The summed E-state index contributed by atoms with van der Waals surface area (Å²) in [5, 5.41) is 16.0. The fraction of sp³-hybridized carbons (Fsp3) is 0.450. The molecule has 1 aromatic heterocycles. The van der Waals surface area contributed by atoms with Crippen LogP contribution in [0.3, 0.4) is 0 Å². The van der Waals surface area contributed by atoms with Crippen LogP contribution in [-0.4, -0.2) is 52.2 Å². The van der Waals surface area contributed by atoms with Gasteiger partial charge >= 0.3 is 5.97 Å². The Hall–Kier alpha value is -2.81. The highest BCUT2D eigenvalue weighted by atomic mass is 19.1. The molecule has 0 bridgehead atoms. The zero-order valence-electron chi connectivity index (χ0n) is 15.6. The minimum atomic E-state index is -0.950. The van der Waals surface area contributed by atoms with Crippen molar-refractivity contribution in [2.24, 2.45) is 5.92 Å². The number of carbonyl (C=O) groups excluding carboxylic acids is 1. The van der Waals surface area contributed by atoms with E-state index in [2.05, 4.69) is 15.4 Å². The number of nitrogens with zero attached hydrogens (tertiary/aromatic N) is 2. The van der Waals surface area contributed by atoms with Crippen molar-refractivity contribution in [1.29, 1.82) is 0 Å². The van der Waals surface area contributed by atoms with Crippen molar-refractivity contribution in [3.8, 4) is 11.3 Å². The van der Waals surface area contributed by atoms with E-state index in [1.165, 1.54) is 18.6 Å². The summed E-state index contributed by atoms with van der Waals surface area (Å²) < 4.78 is 32.0. The van der Waals surface area contributed by atoms with E-state index in [9.17, 15) is 23.5 Å². The third kappa shape index (κ3) is 4.00. The molecule has 2 N–H and O–H groups in total. The number of piperidine rings is 1. The number of aromatic nitrogens is 1. The van der Waals surface area contributed by atoms with Crippen LogP contribution < -0.4 is 5.32 Å². The lowest BCUT2D eigenvalue weighted by Gasteiger charge is -2.44. The fourth-order valence-corrected chi connectivity index (χ4v) is 3.92. The van der Waals surface area contributed by atoms with E-state index in [1.807, 2.05) is 0 Å². The summed E-state index contributed by atoms with van der Waals surface area (Å²) >= 11 is 0. The third-order valence-corrected chi connectivity index (χ3v) is 5.81. The van der Waals surface area contributed by atoms with E-state index in [4.69, 9.17) is 4.52 Å². The second-order valence-corrected chi connectivity index (χ2v) is 7.59. The number of halogens is 2. The Morgan fingerprint density at radius 1 is 1.21 bits per heavy atom. The molecule has 2 aliphatic rings. The van der Waals surface area contributed by atoms with Gasteiger partial charge < -0.3 is 14.9 Å². The van der Waals surface area contributed by atoms with Gasteiger partial charge in [0.25, 0.3) is 5.91 Å². The van der Waals surface area contributed by atoms with Crippen LogP contribution in [-0.2, 0) is 4.79 Å². The Bertz CT molecular complexity index is 928. The summed E-state index contributed by atoms with van der Waals surface area (Å²) in [6.07, 6.45) is 3.87. The molecule has 1 saturated carbocycles. The lowest BCUT2D eigenvalue weighted by Crippen LogP contribution is -2.56.